The third-order valence-electron chi connectivity index (χ3n) is 2.42. The Morgan fingerprint density at radius 2 is 1.85 bits per heavy atom. The summed E-state index contributed by atoms with van der Waals surface area (Å²) < 4.78 is 4.48. The van der Waals surface area contributed by atoms with Crippen LogP contribution in [0.1, 0.15) is 47.5 Å². The van der Waals surface area contributed by atoms with E-state index in [0.29, 0.717) is 0 Å². The quantitative estimate of drug-likeness (QED) is 0.625. The second kappa shape index (κ2) is 11.4. The van der Waals surface area contributed by atoms with Crippen LogP contribution in [0.5, 0.6) is 0 Å². The Morgan fingerprint density at radius 3 is 2.10 bits per heavy atom. The molecule has 6 nitrogen and oxygen atoms in total. The van der Waals surface area contributed by atoms with E-state index in [9.17, 15) is 14.4 Å². The first-order valence-electron chi connectivity index (χ1n) is 7.08. The Kier molecular flexibility index (Phi) is 11.9. The van der Waals surface area contributed by atoms with E-state index in [2.05, 4.69) is 18.6 Å². The molecule has 2 unspecified atom stereocenters. The molecule has 1 saturated heterocycles. The van der Waals surface area contributed by atoms with E-state index in [1.807, 2.05) is 13.8 Å². The zero-order valence-electron chi connectivity index (χ0n) is 13.4. The van der Waals surface area contributed by atoms with Gasteiger partial charge in [0.1, 0.15) is 6.04 Å². The maximum Gasteiger partial charge on any atom is 0.330 e. The number of hydrogen-bond acceptors (Lipinski definition) is 5. The van der Waals surface area contributed by atoms with Crippen molar-refractivity contribution >= 4 is 17.8 Å². The van der Waals surface area contributed by atoms with Gasteiger partial charge in [-0.15, -0.1) is 0 Å². The molecule has 2 atom stereocenters. The standard InChI is InChI=1S/C9H14N2O4.C3H8.C2H6/c1-5-3-7(12)11(8(5)13)6(4-10)9(14)15-2;1-3-2;1-2/h5-6H,3-4,10H2,1-2H3;3H2,1-2H3;1-2H3. The molecular formula is C14H28N2O4. The number of amides is 2. The van der Waals surface area contributed by atoms with E-state index >= 15 is 0 Å². The van der Waals surface area contributed by atoms with E-state index < -0.39 is 12.0 Å². The number of nitrogens with two attached hydrogens (primary N) is 1. The van der Waals surface area contributed by atoms with Gasteiger partial charge in [-0.2, -0.15) is 0 Å². The van der Waals surface area contributed by atoms with Crippen LogP contribution in [-0.2, 0) is 19.1 Å². The molecule has 1 heterocycles. The SMILES string of the molecule is CC.CCC.COC(=O)C(CN)N1C(=O)CC(C)C1=O. The highest BCUT2D eigenvalue weighted by Gasteiger charge is 2.42. The maximum absolute atomic E-state index is 11.6. The fourth-order valence-corrected chi connectivity index (χ4v) is 1.58. The molecule has 0 aliphatic carbocycles. The topological polar surface area (TPSA) is 89.7 Å². The van der Waals surface area contributed by atoms with Crippen molar-refractivity contribution in [2.75, 3.05) is 13.7 Å². The van der Waals surface area contributed by atoms with E-state index in [1.54, 1.807) is 6.92 Å². The van der Waals surface area contributed by atoms with E-state index in [1.165, 1.54) is 13.5 Å². The highest BCUT2D eigenvalue weighted by atomic mass is 16.5. The van der Waals surface area contributed by atoms with Gasteiger partial charge in [0.25, 0.3) is 0 Å². The normalized spacial score (nSPS) is 18.6. The lowest BCUT2D eigenvalue weighted by molar-refractivity contribution is -0.156. The number of likely N-dealkylation sites (tertiary alicyclic amines) is 1. The van der Waals surface area contributed by atoms with Gasteiger partial charge in [0.2, 0.25) is 11.8 Å². The van der Waals surface area contributed by atoms with Crippen molar-refractivity contribution in [1.82, 2.24) is 4.90 Å². The molecule has 20 heavy (non-hydrogen) atoms. The minimum atomic E-state index is -0.986. The van der Waals surface area contributed by atoms with E-state index in [0.717, 1.165) is 4.90 Å². The Bertz CT molecular complexity index is 318. The number of rotatable bonds is 3. The molecule has 2 amide bonds. The summed E-state index contributed by atoms with van der Waals surface area (Å²) in [5, 5.41) is 0. The van der Waals surface area contributed by atoms with Gasteiger partial charge in [-0.05, 0) is 0 Å². The summed E-state index contributed by atoms with van der Waals surface area (Å²) in [6, 6.07) is -0.986. The average Bonchev–Trinajstić information content (AvgIpc) is 2.69. The predicted octanol–water partition coefficient (Wildman–Crippen LogP) is 1.32. The van der Waals surface area contributed by atoms with Crippen LogP contribution in [0.25, 0.3) is 0 Å². The summed E-state index contributed by atoms with van der Waals surface area (Å²) in [5.74, 6) is -1.77. The third-order valence-corrected chi connectivity index (χ3v) is 2.42. The number of carbonyl (C=O) groups excluding carboxylic acids is 3. The van der Waals surface area contributed by atoms with Gasteiger partial charge >= 0.3 is 5.97 Å². The van der Waals surface area contributed by atoms with Crippen molar-refractivity contribution < 1.29 is 19.1 Å². The molecule has 6 heteroatoms. The molecule has 0 aromatic carbocycles. The highest BCUT2D eigenvalue weighted by molar-refractivity contribution is 6.06. The molecule has 1 aliphatic rings. The Morgan fingerprint density at radius 1 is 1.40 bits per heavy atom. The van der Waals surface area contributed by atoms with Crippen LogP contribution >= 0.6 is 0 Å². The minimum Gasteiger partial charge on any atom is -0.467 e. The van der Waals surface area contributed by atoms with Gasteiger partial charge in [0.05, 0.1) is 7.11 Å². The van der Waals surface area contributed by atoms with E-state index in [-0.39, 0.29) is 30.7 Å². The Hall–Kier alpha value is -1.43. The van der Waals surface area contributed by atoms with Gasteiger partial charge in [0.15, 0.2) is 0 Å². The molecule has 0 aromatic rings. The fourth-order valence-electron chi connectivity index (χ4n) is 1.58. The van der Waals surface area contributed by atoms with Crippen LogP contribution in [0.15, 0.2) is 0 Å². The molecule has 1 fully saturated rings. The molecule has 1 rings (SSSR count). The fraction of sp³-hybridized carbons (Fsp3) is 0.786. The lowest BCUT2D eigenvalue weighted by Gasteiger charge is -2.22. The second-order valence-electron chi connectivity index (χ2n) is 4.19. The number of ether oxygens (including phenoxy) is 1. The van der Waals surface area contributed by atoms with Gasteiger partial charge in [-0.1, -0.05) is 41.0 Å². The summed E-state index contributed by atoms with van der Waals surface area (Å²) in [7, 11) is 1.19. The lowest BCUT2D eigenvalue weighted by atomic mass is 10.1. The molecule has 118 valence electrons. The summed E-state index contributed by atoms with van der Waals surface area (Å²) in [6.07, 6.45) is 1.38. The third kappa shape index (κ3) is 5.69. The summed E-state index contributed by atoms with van der Waals surface area (Å²) >= 11 is 0. The monoisotopic (exact) mass is 288 g/mol. The van der Waals surface area contributed by atoms with Crippen LogP contribution < -0.4 is 5.73 Å². The first kappa shape index (κ1) is 20.9. The van der Waals surface area contributed by atoms with Crippen molar-refractivity contribution in [3.05, 3.63) is 0 Å². The number of methoxy groups -OCH3 is 1. The number of nitrogens with zero attached hydrogens (tertiary/aromatic N) is 1. The molecule has 0 spiro atoms. The molecule has 0 radical (unpaired) electrons. The van der Waals surface area contributed by atoms with Crippen molar-refractivity contribution in [3.8, 4) is 0 Å². The number of esters is 1. The van der Waals surface area contributed by atoms with Crippen LogP contribution in [0.2, 0.25) is 0 Å². The predicted molar refractivity (Wildman–Crippen MR) is 77.8 cm³/mol. The average molecular weight is 288 g/mol. The lowest BCUT2D eigenvalue weighted by Crippen LogP contribution is -2.49. The maximum atomic E-state index is 11.6. The molecular weight excluding hydrogens is 260 g/mol. The van der Waals surface area contributed by atoms with Crippen LogP contribution in [-0.4, -0.2) is 42.4 Å². The van der Waals surface area contributed by atoms with Crippen molar-refractivity contribution in [1.29, 1.82) is 0 Å². The van der Waals surface area contributed by atoms with Gasteiger partial charge in [-0.25, -0.2) is 4.79 Å². The number of hydrogen-bond donors (Lipinski definition) is 1. The van der Waals surface area contributed by atoms with Gasteiger partial charge < -0.3 is 10.5 Å². The van der Waals surface area contributed by atoms with Crippen LogP contribution in [0, 0.1) is 5.92 Å². The number of imide groups is 1. The van der Waals surface area contributed by atoms with Gasteiger partial charge in [-0.3, -0.25) is 14.5 Å². The second-order valence-corrected chi connectivity index (χ2v) is 4.19. The van der Waals surface area contributed by atoms with Gasteiger partial charge in [0, 0.05) is 18.9 Å². The Labute approximate surface area is 121 Å². The smallest absolute Gasteiger partial charge is 0.330 e. The van der Waals surface area contributed by atoms with Crippen molar-refractivity contribution in [2.24, 2.45) is 11.7 Å². The van der Waals surface area contributed by atoms with E-state index in [4.69, 9.17) is 5.73 Å². The summed E-state index contributed by atoms with van der Waals surface area (Å²) in [5.41, 5.74) is 5.35. The Balaban J connectivity index is 0. The summed E-state index contributed by atoms with van der Waals surface area (Å²) in [6.45, 7) is 9.78. The summed E-state index contributed by atoms with van der Waals surface area (Å²) in [4.78, 5) is 35.2. The zero-order chi connectivity index (χ0) is 16.3. The molecule has 0 saturated carbocycles. The number of carbonyl (C=O) groups is 3. The highest BCUT2D eigenvalue weighted by Crippen LogP contribution is 2.21. The minimum absolute atomic E-state index is 0.114. The van der Waals surface area contributed by atoms with Crippen LogP contribution in [0.3, 0.4) is 0 Å². The largest absolute Gasteiger partial charge is 0.467 e. The van der Waals surface area contributed by atoms with Crippen molar-refractivity contribution in [3.63, 3.8) is 0 Å². The molecule has 0 aromatic heterocycles. The van der Waals surface area contributed by atoms with Crippen LogP contribution in [0.4, 0.5) is 0 Å². The molecule has 2 N–H and O–H groups in total. The first-order valence-corrected chi connectivity index (χ1v) is 7.08. The first-order chi connectivity index (χ1) is 9.44. The molecule has 0 bridgehead atoms. The zero-order valence-corrected chi connectivity index (χ0v) is 13.4. The molecule has 1 aliphatic heterocycles. The van der Waals surface area contributed by atoms with Crippen molar-refractivity contribution in [2.45, 2.75) is 53.5 Å².